The Morgan fingerprint density at radius 3 is 2.45 bits per heavy atom. The van der Waals surface area contributed by atoms with Crippen molar-refractivity contribution >= 4 is 23.2 Å². The third-order valence-electron chi connectivity index (χ3n) is 3.40. The first kappa shape index (κ1) is 16.2. The second-order valence-corrected chi connectivity index (χ2v) is 5.79. The second kappa shape index (κ2) is 7.23. The number of carbonyl (C=O) groups is 1. The molecule has 0 heterocycles. The standard InChI is InChI=1S/C18H19ClN2O/c1-12-4-9-17(13(2)10-12)14(3)20-21-18(22)11-15-5-7-16(19)8-6-15/h4-10H,11H2,1-3H3,(H,21,22)/b20-14-. The Morgan fingerprint density at radius 1 is 1.14 bits per heavy atom. The fourth-order valence-electron chi connectivity index (χ4n) is 2.25. The van der Waals surface area contributed by atoms with Gasteiger partial charge in [0.1, 0.15) is 0 Å². The summed E-state index contributed by atoms with van der Waals surface area (Å²) in [6.07, 6.45) is 0.279. The molecule has 0 aromatic heterocycles. The number of hydrogen-bond donors (Lipinski definition) is 1. The summed E-state index contributed by atoms with van der Waals surface area (Å²) in [5.41, 5.74) is 7.69. The molecule has 0 aliphatic rings. The Balaban J connectivity index is 2.00. The molecule has 22 heavy (non-hydrogen) atoms. The predicted octanol–water partition coefficient (Wildman–Crippen LogP) is 4.04. The topological polar surface area (TPSA) is 41.5 Å². The van der Waals surface area contributed by atoms with Crippen LogP contribution in [0.15, 0.2) is 47.6 Å². The summed E-state index contributed by atoms with van der Waals surface area (Å²) in [5, 5.41) is 4.85. The predicted molar refractivity (Wildman–Crippen MR) is 91.4 cm³/mol. The molecular formula is C18H19ClN2O. The number of nitrogens with one attached hydrogen (secondary N) is 1. The highest BCUT2D eigenvalue weighted by molar-refractivity contribution is 6.30. The number of halogens is 1. The number of carbonyl (C=O) groups excluding carboxylic acids is 1. The van der Waals surface area contributed by atoms with Crippen LogP contribution in [0.5, 0.6) is 0 Å². The molecule has 1 N–H and O–H groups in total. The monoisotopic (exact) mass is 314 g/mol. The van der Waals surface area contributed by atoms with Crippen LogP contribution in [0.25, 0.3) is 0 Å². The smallest absolute Gasteiger partial charge is 0.244 e. The van der Waals surface area contributed by atoms with Gasteiger partial charge in [-0.2, -0.15) is 5.10 Å². The first-order chi connectivity index (χ1) is 10.5. The fourth-order valence-corrected chi connectivity index (χ4v) is 2.38. The van der Waals surface area contributed by atoms with Gasteiger partial charge >= 0.3 is 0 Å². The SMILES string of the molecule is C/C(=N/NC(=O)Cc1ccc(Cl)cc1)c1ccc(C)cc1C. The van der Waals surface area contributed by atoms with Crippen molar-refractivity contribution in [3.63, 3.8) is 0 Å². The van der Waals surface area contributed by atoms with Gasteiger partial charge in [0, 0.05) is 10.6 Å². The Hall–Kier alpha value is -2.13. The van der Waals surface area contributed by atoms with Gasteiger partial charge in [-0.05, 0) is 44.0 Å². The van der Waals surface area contributed by atoms with Crippen LogP contribution in [-0.2, 0) is 11.2 Å². The molecule has 0 bridgehead atoms. The highest BCUT2D eigenvalue weighted by atomic mass is 35.5. The lowest BCUT2D eigenvalue weighted by Crippen LogP contribution is -2.21. The number of rotatable bonds is 4. The molecular weight excluding hydrogens is 296 g/mol. The van der Waals surface area contributed by atoms with E-state index in [0.29, 0.717) is 5.02 Å². The minimum Gasteiger partial charge on any atom is -0.273 e. The number of nitrogens with zero attached hydrogens (tertiary/aromatic N) is 1. The molecule has 3 nitrogen and oxygen atoms in total. The van der Waals surface area contributed by atoms with Gasteiger partial charge in [-0.1, -0.05) is 47.5 Å². The molecule has 4 heteroatoms. The minimum absolute atomic E-state index is 0.147. The average Bonchev–Trinajstić information content (AvgIpc) is 2.47. The van der Waals surface area contributed by atoms with Gasteiger partial charge in [0.15, 0.2) is 0 Å². The molecule has 114 valence electrons. The number of hydrazone groups is 1. The van der Waals surface area contributed by atoms with Crippen molar-refractivity contribution in [2.24, 2.45) is 5.10 Å². The second-order valence-electron chi connectivity index (χ2n) is 5.35. The van der Waals surface area contributed by atoms with Crippen molar-refractivity contribution in [3.05, 3.63) is 69.7 Å². The van der Waals surface area contributed by atoms with Crippen LogP contribution in [0.4, 0.5) is 0 Å². The van der Waals surface area contributed by atoms with Crippen molar-refractivity contribution in [1.29, 1.82) is 0 Å². The van der Waals surface area contributed by atoms with Gasteiger partial charge in [0.05, 0.1) is 12.1 Å². The van der Waals surface area contributed by atoms with Crippen LogP contribution in [-0.4, -0.2) is 11.6 Å². The van der Waals surface area contributed by atoms with Crippen molar-refractivity contribution in [3.8, 4) is 0 Å². The molecule has 0 fully saturated rings. The molecule has 2 rings (SSSR count). The fraction of sp³-hybridized carbons (Fsp3) is 0.222. The van der Waals surface area contributed by atoms with E-state index in [1.54, 1.807) is 12.1 Å². The lowest BCUT2D eigenvalue weighted by molar-refractivity contribution is -0.120. The third-order valence-corrected chi connectivity index (χ3v) is 3.65. The van der Waals surface area contributed by atoms with E-state index in [2.05, 4.69) is 23.5 Å². The van der Waals surface area contributed by atoms with E-state index in [1.807, 2.05) is 38.1 Å². The summed E-state index contributed by atoms with van der Waals surface area (Å²) in [5.74, 6) is -0.147. The molecule has 0 atom stereocenters. The molecule has 0 spiro atoms. The highest BCUT2D eigenvalue weighted by Crippen LogP contribution is 2.12. The summed E-state index contributed by atoms with van der Waals surface area (Å²) in [4.78, 5) is 11.9. The van der Waals surface area contributed by atoms with Gasteiger partial charge < -0.3 is 0 Å². The first-order valence-electron chi connectivity index (χ1n) is 7.11. The van der Waals surface area contributed by atoms with E-state index in [-0.39, 0.29) is 12.3 Å². The summed E-state index contributed by atoms with van der Waals surface area (Å²) in [6.45, 7) is 5.98. The molecule has 0 radical (unpaired) electrons. The molecule has 2 aromatic carbocycles. The molecule has 1 amide bonds. The van der Waals surface area contributed by atoms with E-state index in [1.165, 1.54) is 5.56 Å². The summed E-state index contributed by atoms with van der Waals surface area (Å²) in [7, 11) is 0. The Labute approximate surface area is 136 Å². The van der Waals surface area contributed by atoms with Crippen molar-refractivity contribution < 1.29 is 4.79 Å². The van der Waals surface area contributed by atoms with Gasteiger partial charge in [-0.3, -0.25) is 4.79 Å². The van der Waals surface area contributed by atoms with Gasteiger partial charge in [-0.15, -0.1) is 0 Å². The largest absolute Gasteiger partial charge is 0.273 e. The van der Waals surface area contributed by atoms with E-state index in [9.17, 15) is 4.79 Å². The van der Waals surface area contributed by atoms with E-state index < -0.39 is 0 Å². The van der Waals surface area contributed by atoms with Crippen LogP contribution in [0.3, 0.4) is 0 Å². The molecule has 0 unspecified atom stereocenters. The molecule has 0 saturated heterocycles. The van der Waals surface area contributed by atoms with Crippen LogP contribution in [0.2, 0.25) is 5.02 Å². The molecule has 2 aromatic rings. The molecule has 0 aliphatic carbocycles. The molecule has 0 aliphatic heterocycles. The zero-order chi connectivity index (χ0) is 16.1. The first-order valence-corrected chi connectivity index (χ1v) is 7.48. The number of amides is 1. The summed E-state index contributed by atoms with van der Waals surface area (Å²) >= 11 is 5.82. The quantitative estimate of drug-likeness (QED) is 0.671. The Kier molecular flexibility index (Phi) is 5.34. The molecule has 0 saturated carbocycles. The van der Waals surface area contributed by atoms with Gasteiger partial charge in [0.2, 0.25) is 5.91 Å². The lowest BCUT2D eigenvalue weighted by Gasteiger charge is -2.07. The zero-order valence-electron chi connectivity index (χ0n) is 13.0. The summed E-state index contributed by atoms with van der Waals surface area (Å²) in [6, 6.07) is 13.4. The van der Waals surface area contributed by atoms with E-state index in [0.717, 1.165) is 22.4 Å². The van der Waals surface area contributed by atoms with Crippen LogP contribution < -0.4 is 5.43 Å². The van der Waals surface area contributed by atoms with E-state index in [4.69, 9.17) is 11.6 Å². The van der Waals surface area contributed by atoms with Crippen LogP contribution >= 0.6 is 11.6 Å². The lowest BCUT2D eigenvalue weighted by atomic mass is 10.0. The summed E-state index contributed by atoms with van der Waals surface area (Å²) < 4.78 is 0. The average molecular weight is 315 g/mol. The Morgan fingerprint density at radius 2 is 1.82 bits per heavy atom. The number of aryl methyl sites for hydroxylation is 2. The highest BCUT2D eigenvalue weighted by Gasteiger charge is 2.05. The Bertz CT molecular complexity index is 706. The van der Waals surface area contributed by atoms with Gasteiger partial charge in [0.25, 0.3) is 0 Å². The zero-order valence-corrected chi connectivity index (χ0v) is 13.7. The third kappa shape index (κ3) is 4.43. The van der Waals surface area contributed by atoms with Crippen molar-refractivity contribution in [2.75, 3.05) is 0 Å². The van der Waals surface area contributed by atoms with Crippen molar-refractivity contribution in [2.45, 2.75) is 27.2 Å². The maximum Gasteiger partial charge on any atom is 0.244 e. The normalized spacial score (nSPS) is 11.4. The van der Waals surface area contributed by atoms with E-state index >= 15 is 0 Å². The van der Waals surface area contributed by atoms with Gasteiger partial charge in [-0.25, -0.2) is 5.43 Å². The minimum atomic E-state index is -0.147. The van der Waals surface area contributed by atoms with Crippen molar-refractivity contribution in [1.82, 2.24) is 5.43 Å². The van der Waals surface area contributed by atoms with Crippen LogP contribution in [0, 0.1) is 13.8 Å². The maximum atomic E-state index is 11.9. The number of benzene rings is 2. The van der Waals surface area contributed by atoms with Crippen LogP contribution in [0.1, 0.15) is 29.2 Å². The maximum absolute atomic E-state index is 11.9. The number of hydrogen-bond acceptors (Lipinski definition) is 2.